The number of aldehydes is 1. The summed E-state index contributed by atoms with van der Waals surface area (Å²) in [7, 11) is 0. The van der Waals surface area contributed by atoms with E-state index in [2.05, 4.69) is 53.4 Å². The lowest BCUT2D eigenvalue weighted by atomic mass is 9.90. The van der Waals surface area contributed by atoms with Gasteiger partial charge in [0.1, 0.15) is 6.29 Å². The van der Waals surface area contributed by atoms with Crippen LogP contribution in [0.4, 0.5) is 0 Å². The van der Waals surface area contributed by atoms with E-state index in [9.17, 15) is 4.79 Å². The average molecular weight is 265 g/mol. The minimum atomic E-state index is 0.112. The van der Waals surface area contributed by atoms with Crippen molar-refractivity contribution >= 4 is 6.29 Å². The highest BCUT2D eigenvalue weighted by atomic mass is 16.1. The van der Waals surface area contributed by atoms with Gasteiger partial charge in [0.25, 0.3) is 0 Å². The third-order valence-corrected chi connectivity index (χ3v) is 4.09. The van der Waals surface area contributed by atoms with Gasteiger partial charge in [0.15, 0.2) is 0 Å². The summed E-state index contributed by atoms with van der Waals surface area (Å²) in [5, 5.41) is 0. The topological polar surface area (TPSA) is 20.3 Å². The molecule has 2 aromatic rings. The average Bonchev–Trinajstić information content (AvgIpc) is 2.92. The summed E-state index contributed by atoms with van der Waals surface area (Å²) in [6.07, 6.45) is 1.13. The van der Waals surface area contributed by atoms with Gasteiger partial charge in [-0.15, -0.1) is 0 Å². The lowest BCUT2D eigenvalue weighted by Crippen LogP contribution is -2.20. The van der Waals surface area contributed by atoms with E-state index in [1.54, 1.807) is 0 Å². The van der Waals surface area contributed by atoms with Crippen molar-refractivity contribution in [3.05, 3.63) is 71.8 Å². The molecule has 2 aromatic carbocycles. The molecule has 1 aliphatic heterocycles. The number of rotatable bonds is 4. The highest BCUT2D eigenvalue weighted by molar-refractivity contribution is 5.57. The second-order valence-corrected chi connectivity index (χ2v) is 5.50. The zero-order valence-electron chi connectivity index (χ0n) is 11.5. The second kappa shape index (κ2) is 6.02. The van der Waals surface area contributed by atoms with E-state index >= 15 is 0 Å². The Morgan fingerprint density at radius 3 is 2.25 bits per heavy atom. The molecule has 0 saturated carbocycles. The van der Waals surface area contributed by atoms with E-state index in [4.69, 9.17) is 0 Å². The minimum absolute atomic E-state index is 0.112. The number of nitrogens with zero attached hydrogens (tertiary/aromatic N) is 1. The van der Waals surface area contributed by atoms with Crippen LogP contribution >= 0.6 is 0 Å². The molecule has 2 atom stereocenters. The summed E-state index contributed by atoms with van der Waals surface area (Å²) in [6.45, 7) is 2.74. The zero-order chi connectivity index (χ0) is 13.8. The van der Waals surface area contributed by atoms with Crippen LogP contribution in [-0.2, 0) is 11.3 Å². The first-order chi connectivity index (χ1) is 9.86. The van der Waals surface area contributed by atoms with Gasteiger partial charge < -0.3 is 4.79 Å². The maximum atomic E-state index is 11.4. The number of carbonyl (C=O) groups excluding carboxylic acids is 1. The summed E-state index contributed by atoms with van der Waals surface area (Å²) in [5.74, 6) is 0.443. The summed E-state index contributed by atoms with van der Waals surface area (Å²) < 4.78 is 0. The molecule has 1 fully saturated rings. The molecule has 2 heteroatoms. The van der Waals surface area contributed by atoms with Crippen molar-refractivity contribution in [1.29, 1.82) is 0 Å². The molecule has 0 amide bonds. The van der Waals surface area contributed by atoms with Gasteiger partial charge in [-0.05, 0) is 11.1 Å². The molecule has 2 nitrogen and oxygen atoms in total. The van der Waals surface area contributed by atoms with E-state index in [1.807, 2.05) is 12.1 Å². The summed E-state index contributed by atoms with van der Waals surface area (Å²) in [5.41, 5.74) is 2.59. The van der Waals surface area contributed by atoms with Crippen LogP contribution in [0.2, 0.25) is 0 Å². The van der Waals surface area contributed by atoms with Crippen LogP contribution < -0.4 is 0 Å². The molecule has 0 aliphatic carbocycles. The van der Waals surface area contributed by atoms with Crippen LogP contribution in [-0.4, -0.2) is 24.3 Å². The van der Waals surface area contributed by atoms with E-state index in [-0.39, 0.29) is 5.92 Å². The number of hydrogen-bond acceptors (Lipinski definition) is 2. The van der Waals surface area contributed by atoms with Crippen LogP contribution in [0, 0.1) is 5.92 Å². The molecule has 20 heavy (non-hydrogen) atoms. The zero-order valence-corrected chi connectivity index (χ0v) is 11.5. The number of benzene rings is 2. The summed E-state index contributed by atoms with van der Waals surface area (Å²) >= 11 is 0. The van der Waals surface area contributed by atoms with Gasteiger partial charge in [-0.25, -0.2) is 0 Å². The highest BCUT2D eigenvalue weighted by Gasteiger charge is 2.33. The van der Waals surface area contributed by atoms with Crippen LogP contribution in [0.1, 0.15) is 17.0 Å². The minimum Gasteiger partial charge on any atom is -0.303 e. The monoisotopic (exact) mass is 265 g/mol. The lowest BCUT2D eigenvalue weighted by Gasteiger charge is -2.16. The molecular formula is C18H19NO. The van der Waals surface area contributed by atoms with Crippen molar-refractivity contribution in [3.8, 4) is 0 Å². The van der Waals surface area contributed by atoms with Gasteiger partial charge in [0, 0.05) is 31.5 Å². The predicted octanol–water partition coefficient (Wildman–Crippen LogP) is 3.10. The predicted molar refractivity (Wildman–Crippen MR) is 80.5 cm³/mol. The number of hydrogen-bond donors (Lipinski definition) is 0. The first-order valence-corrected chi connectivity index (χ1v) is 7.13. The molecule has 0 aromatic heterocycles. The molecule has 3 rings (SSSR count). The molecule has 0 radical (unpaired) electrons. The summed E-state index contributed by atoms with van der Waals surface area (Å²) in [4.78, 5) is 13.7. The quantitative estimate of drug-likeness (QED) is 0.792. The Bertz CT molecular complexity index is 552. The molecule has 102 valence electrons. The second-order valence-electron chi connectivity index (χ2n) is 5.50. The van der Waals surface area contributed by atoms with Crippen molar-refractivity contribution in [1.82, 2.24) is 4.90 Å². The van der Waals surface area contributed by atoms with Crippen LogP contribution in [0.15, 0.2) is 60.7 Å². The molecule has 1 aliphatic rings. The van der Waals surface area contributed by atoms with Gasteiger partial charge in [-0.3, -0.25) is 4.90 Å². The highest BCUT2D eigenvalue weighted by Crippen LogP contribution is 2.32. The molecule has 0 spiro atoms. The fraction of sp³-hybridized carbons (Fsp3) is 0.278. The number of likely N-dealkylation sites (tertiary alicyclic amines) is 1. The Hall–Kier alpha value is -1.93. The Morgan fingerprint density at radius 1 is 0.950 bits per heavy atom. The smallest absolute Gasteiger partial charge is 0.125 e. The van der Waals surface area contributed by atoms with Crippen molar-refractivity contribution in [2.75, 3.05) is 13.1 Å². The van der Waals surface area contributed by atoms with Crippen LogP contribution in [0.25, 0.3) is 0 Å². The fourth-order valence-corrected chi connectivity index (χ4v) is 3.07. The first-order valence-electron chi connectivity index (χ1n) is 7.13. The van der Waals surface area contributed by atoms with Crippen molar-refractivity contribution in [2.45, 2.75) is 12.5 Å². The maximum absolute atomic E-state index is 11.4. The van der Waals surface area contributed by atoms with Gasteiger partial charge in [0.05, 0.1) is 0 Å². The number of carbonyl (C=O) groups is 1. The van der Waals surface area contributed by atoms with Crippen LogP contribution in [0.3, 0.4) is 0 Å². The molecular weight excluding hydrogens is 246 g/mol. The maximum Gasteiger partial charge on any atom is 0.125 e. The van der Waals surface area contributed by atoms with Crippen molar-refractivity contribution in [2.24, 2.45) is 5.92 Å². The standard InChI is InChI=1S/C18H19NO/c20-14-17-12-19(11-15-7-3-1-4-8-15)13-18(17)16-9-5-2-6-10-16/h1-10,14,17-18H,11-13H2. The normalized spacial score (nSPS) is 22.8. The summed E-state index contributed by atoms with van der Waals surface area (Å²) in [6, 6.07) is 20.9. The van der Waals surface area contributed by atoms with E-state index in [0.717, 1.165) is 25.9 Å². The first kappa shape index (κ1) is 13.1. The van der Waals surface area contributed by atoms with Crippen molar-refractivity contribution < 1.29 is 4.79 Å². The largest absolute Gasteiger partial charge is 0.303 e. The fourth-order valence-electron chi connectivity index (χ4n) is 3.07. The Kier molecular flexibility index (Phi) is 3.93. The van der Waals surface area contributed by atoms with Gasteiger partial charge in [-0.1, -0.05) is 60.7 Å². The third-order valence-electron chi connectivity index (χ3n) is 4.09. The van der Waals surface area contributed by atoms with E-state index in [1.165, 1.54) is 11.1 Å². The Labute approximate surface area is 120 Å². The van der Waals surface area contributed by atoms with Gasteiger partial charge in [0.2, 0.25) is 0 Å². The molecule has 2 unspecified atom stereocenters. The Morgan fingerprint density at radius 2 is 1.60 bits per heavy atom. The molecule has 1 heterocycles. The van der Waals surface area contributed by atoms with E-state index in [0.29, 0.717) is 5.92 Å². The molecule has 0 N–H and O–H groups in total. The van der Waals surface area contributed by atoms with E-state index < -0.39 is 0 Å². The third kappa shape index (κ3) is 2.81. The van der Waals surface area contributed by atoms with Crippen LogP contribution in [0.5, 0.6) is 0 Å². The van der Waals surface area contributed by atoms with Gasteiger partial charge >= 0.3 is 0 Å². The van der Waals surface area contributed by atoms with Crippen molar-refractivity contribution in [3.63, 3.8) is 0 Å². The molecule has 1 saturated heterocycles. The van der Waals surface area contributed by atoms with Gasteiger partial charge in [-0.2, -0.15) is 0 Å². The lowest BCUT2D eigenvalue weighted by molar-refractivity contribution is -0.111. The Balaban J connectivity index is 1.73. The molecule has 0 bridgehead atoms. The SMILES string of the molecule is O=CC1CN(Cc2ccccc2)CC1c1ccccc1.